The summed E-state index contributed by atoms with van der Waals surface area (Å²) < 4.78 is 14.0. The molecular weight excluding hydrogens is 471 g/mol. The summed E-state index contributed by atoms with van der Waals surface area (Å²) in [4.78, 5) is 25.1. The molecule has 1 aliphatic heterocycles. The number of aryl methyl sites for hydroxylation is 3. The first-order chi connectivity index (χ1) is 17.6. The van der Waals surface area contributed by atoms with E-state index in [1.807, 2.05) is 57.2 Å². The number of para-hydroxylation sites is 1. The third-order valence-electron chi connectivity index (χ3n) is 6.50. The van der Waals surface area contributed by atoms with Crippen molar-refractivity contribution in [2.45, 2.75) is 46.6 Å². The van der Waals surface area contributed by atoms with Gasteiger partial charge in [-0.2, -0.15) is 0 Å². The Morgan fingerprint density at radius 3 is 2.54 bits per heavy atom. The number of benzene rings is 3. The Morgan fingerprint density at radius 1 is 1.08 bits per heavy atom. The normalized spacial score (nSPS) is 12.3. The predicted molar refractivity (Wildman–Crippen MR) is 145 cm³/mol. The van der Waals surface area contributed by atoms with Crippen molar-refractivity contribution in [2.75, 3.05) is 23.8 Å². The maximum absolute atomic E-state index is 14.0. The average Bonchev–Trinajstić information content (AvgIpc) is 2.89. The van der Waals surface area contributed by atoms with Crippen molar-refractivity contribution in [3.63, 3.8) is 0 Å². The molecule has 7 nitrogen and oxygen atoms in total. The number of nitrogens with zero attached hydrogens (tertiary/aromatic N) is 2. The second kappa shape index (κ2) is 12.4. The lowest BCUT2D eigenvalue weighted by Crippen LogP contribution is -2.36. The van der Waals surface area contributed by atoms with Gasteiger partial charge in [-0.15, -0.1) is 0 Å². The topological polar surface area (TPSA) is 113 Å². The zero-order valence-corrected chi connectivity index (χ0v) is 21.6. The van der Waals surface area contributed by atoms with Crippen LogP contribution in [0, 0.1) is 19.7 Å². The Balaban J connectivity index is 0.000000266. The van der Waals surface area contributed by atoms with Crippen molar-refractivity contribution in [2.24, 2.45) is 5.84 Å². The number of amides is 1. The van der Waals surface area contributed by atoms with Gasteiger partial charge in [-0.1, -0.05) is 42.0 Å². The molecule has 0 atom stereocenters. The number of rotatable bonds is 6. The predicted octanol–water partition coefficient (Wildman–Crippen LogP) is 4.63. The second-order valence-corrected chi connectivity index (χ2v) is 9.25. The van der Waals surface area contributed by atoms with Gasteiger partial charge in [0.15, 0.2) is 0 Å². The van der Waals surface area contributed by atoms with Gasteiger partial charge in [-0.25, -0.2) is 10.2 Å². The Bertz CT molecular complexity index is 1280. The number of halogens is 1. The number of anilines is 2. The van der Waals surface area contributed by atoms with Crippen LogP contribution in [-0.2, 0) is 24.2 Å². The van der Waals surface area contributed by atoms with E-state index in [1.54, 1.807) is 22.0 Å². The first kappa shape index (κ1) is 27.7. The minimum atomic E-state index is -0.829. The number of carboxylic acid groups (broad SMARTS) is 1. The summed E-state index contributed by atoms with van der Waals surface area (Å²) in [6.07, 6.45) is 1.26. The molecular formula is C29H35FN4O3. The number of nitrogen functional groups attached to an aromatic ring is 1. The zero-order chi connectivity index (χ0) is 27.1. The molecule has 0 radical (unpaired) electrons. The highest BCUT2D eigenvalue weighted by Crippen LogP contribution is 2.24. The minimum Gasteiger partial charge on any atom is -0.481 e. The molecule has 0 aliphatic carbocycles. The standard InChI is InChI=1S/C20H20FNO3.C9H15N3/c1-13-2-6-18(21)17(10-13)20(25)22-9-8-15-5-3-14(4-7-19(23)24)11-16(15)12-22;1-3-12(11)8-6-4-5-7(2)9(8)10/h2-3,5-6,10-11H,4,7-9,12H2,1H3,(H,23,24);4-6H,3,10-11H2,1-2H3. The van der Waals surface area contributed by atoms with E-state index < -0.39 is 11.8 Å². The molecule has 3 aromatic carbocycles. The van der Waals surface area contributed by atoms with Gasteiger partial charge in [0, 0.05) is 26.1 Å². The van der Waals surface area contributed by atoms with Crippen molar-refractivity contribution < 1.29 is 19.1 Å². The number of nitrogens with two attached hydrogens (primary N) is 2. The van der Waals surface area contributed by atoms with Crippen LogP contribution >= 0.6 is 0 Å². The van der Waals surface area contributed by atoms with Crippen LogP contribution in [0.5, 0.6) is 0 Å². The summed E-state index contributed by atoms with van der Waals surface area (Å²) in [5, 5.41) is 10.5. The van der Waals surface area contributed by atoms with Crippen LogP contribution in [0.2, 0.25) is 0 Å². The lowest BCUT2D eigenvalue weighted by molar-refractivity contribution is -0.136. The van der Waals surface area contributed by atoms with E-state index in [4.69, 9.17) is 16.7 Å². The summed E-state index contributed by atoms with van der Waals surface area (Å²) in [6, 6.07) is 16.3. The number of aliphatic carboxylic acids is 1. The van der Waals surface area contributed by atoms with Crippen LogP contribution in [0.1, 0.15) is 51.5 Å². The first-order valence-corrected chi connectivity index (χ1v) is 12.4. The van der Waals surface area contributed by atoms with E-state index in [-0.39, 0.29) is 17.9 Å². The van der Waals surface area contributed by atoms with Crippen LogP contribution in [-0.4, -0.2) is 35.0 Å². The van der Waals surface area contributed by atoms with E-state index in [2.05, 4.69) is 0 Å². The molecule has 0 spiro atoms. The molecule has 1 amide bonds. The second-order valence-electron chi connectivity index (χ2n) is 9.25. The highest BCUT2D eigenvalue weighted by molar-refractivity contribution is 5.94. The van der Waals surface area contributed by atoms with Crippen molar-refractivity contribution in [1.29, 1.82) is 0 Å². The smallest absolute Gasteiger partial charge is 0.303 e. The molecule has 196 valence electrons. The molecule has 4 rings (SSSR count). The Morgan fingerprint density at radius 2 is 1.84 bits per heavy atom. The fourth-order valence-corrected chi connectivity index (χ4v) is 4.25. The lowest BCUT2D eigenvalue weighted by atomic mass is 9.95. The fourth-order valence-electron chi connectivity index (χ4n) is 4.25. The van der Waals surface area contributed by atoms with E-state index in [0.717, 1.165) is 45.7 Å². The summed E-state index contributed by atoms with van der Waals surface area (Å²) in [5.41, 5.74) is 12.6. The number of carbonyl (C=O) groups is 2. The van der Waals surface area contributed by atoms with Crippen LogP contribution in [0.4, 0.5) is 15.8 Å². The Labute approximate surface area is 217 Å². The van der Waals surface area contributed by atoms with Gasteiger partial charge in [0.1, 0.15) is 5.82 Å². The van der Waals surface area contributed by atoms with Gasteiger partial charge in [0.05, 0.1) is 16.9 Å². The van der Waals surface area contributed by atoms with E-state index >= 15 is 0 Å². The van der Waals surface area contributed by atoms with Crippen LogP contribution in [0.25, 0.3) is 0 Å². The van der Waals surface area contributed by atoms with Crippen LogP contribution < -0.4 is 16.6 Å². The van der Waals surface area contributed by atoms with Crippen LogP contribution in [0.15, 0.2) is 54.6 Å². The number of carbonyl (C=O) groups excluding carboxylic acids is 1. The third-order valence-corrected chi connectivity index (χ3v) is 6.50. The molecule has 1 aliphatic rings. The largest absolute Gasteiger partial charge is 0.481 e. The molecule has 0 aromatic heterocycles. The van der Waals surface area contributed by atoms with E-state index in [1.165, 1.54) is 6.07 Å². The number of carboxylic acids is 1. The van der Waals surface area contributed by atoms with Crippen molar-refractivity contribution in [1.82, 2.24) is 4.90 Å². The van der Waals surface area contributed by atoms with Gasteiger partial charge in [-0.05, 0) is 74.1 Å². The van der Waals surface area contributed by atoms with E-state index in [9.17, 15) is 14.0 Å². The van der Waals surface area contributed by atoms with Crippen molar-refractivity contribution in [3.05, 3.63) is 93.8 Å². The quantitative estimate of drug-likeness (QED) is 0.255. The lowest BCUT2D eigenvalue weighted by Gasteiger charge is -2.29. The van der Waals surface area contributed by atoms with Gasteiger partial charge in [0.25, 0.3) is 5.91 Å². The number of fused-ring (bicyclic) bond motifs is 1. The highest BCUT2D eigenvalue weighted by Gasteiger charge is 2.24. The molecule has 0 bridgehead atoms. The van der Waals surface area contributed by atoms with Gasteiger partial charge in [-0.3, -0.25) is 9.59 Å². The number of hydrazine groups is 1. The molecule has 8 heteroatoms. The fraction of sp³-hybridized carbons (Fsp3) is 0.310. The number of hydrogen-bond donors (Lipinski definition) is 3. The molecule has 1 heterocycles. The third kappa shape index (κ3) is 7.07. The molecule has 0 unspecified atom stereocenters. The van der Waals surface area contributed by atoms with E-state index in [0.29, 0.717) is 25.9 Å². The van der Waals surface area contributed by atoms with Gasteiger partial charge in [0.2, 0.25) is 0 Å². The van der Waals surface area contributed by atoms with Crippen molar-refractivity contribution >= 4 is 23.3 Å². The molecule has 37 heavy (non-hydrogen) atoms. The highest BCUT2D eigenvalue weighted by atomic mass is 19.1. The number of hydrogen-bond acceptors (Lipinski definition) is 5. The average molecular weight is 507 g/mol. The summed E-state index contributed by atoms with van der Waals surface area (Å²) in [5.74, 6) is 4.08. The molecule has 0 saturated heterocycles. The minimum absolute atomic E-state index is 0.0793. The summed E-state index contributed by atoms with van der Waals surface area (Å²) >= 11 is 0. The molecule has 3 aromatic rings. The maximum Gasteiger partial charge on any atom is 0.303 e. The molecule has 0 fully saturated rings. The molecule has 5 N–H and O–H groups in total. The summed E-state index contributed by atoms with van der Waals surface area (Å²) in [7, 11) is 0. The Kier molecular flexibility index (Phi) is 9.25. The van der Waals surface area contributed by atoms with Crippen molar-refractivity contribution in [3.8, 4) is 0 Å². The molecule has 0 saturated carbocycles. The van der Waals surface area contributed by atoms with Crippen LogP contribution in [0.3, 0.4) is 0 Å². The first-order valence-electron chi connectivity index (χ1n) is 12.4. The Hall–Kier alpha value is -3.91. The SMILES string of the molecule is CCN(N)c1cccc(C)c1N.Cc1ccc(F)c(C(=O)N2CCc3ccc(CCC(=O)O)cc3C2)c1. The monoisotopic (exact) mass is 506 g/mol. The van der Waals surface area contributed by atoms with Gasteiger partial charge < -0.3 is 20.7 Å². The zero-order valence-electron chi connectivity index (χ0n) is 21.6. The van der Waals surface area contributed by atoms with Gasteiger partial charge >= 0.3 is 5.97 Å². The summed E-state index contributed by atoms with van der Waals surface area (Å²) in [6.45, 7) is 7.52. The maximum atomic E-state index is 14.0.